The summed E-state index contributed by atoms with van der Waals surface area (Å²) in [6, 6.07) is 0.518. The molecule has 0 radical (unpaired) electrons. The van der Waals surface area contributed by atoms with Gasteiger partial charge in [0.1, 0.15) is 5.82 Å². The monoisotopic (exact) mass is 326 g/mol. The number of hydrogen-bond acceptors (Lipinski definition) is 4. The van der Waals surface area contributed by atoms with Crippen LogP contribution < -0.4 is 10.6 Å². The zero-order valence-electron chi connectivity index (χ0n) is 12.2. The van der Waals surface area contributed by atoms with E-state index >= 15 is 0 Å². The fourth-order valence-electron chi connectivity index (χ4n) is 2.76. The van der Waals surface area contributed by atoms with Gasteiger partial charge < -0.3 is 15.5 Å². The Labute approximate surface area is 135 Å². The number of nitrogens with zero attached hydrogens (tertiary/aromatic N) is 2. The molecule has 0 aromatic carbocycles. The highest BCUT2D eigenvalue weighted by molar-refractivity contribution is 6.45. The molecule has 2 aliphatic heterocycles. The Balaban J connectivity index is 1.76. The van der Waals surface area contributed by atoms with Gasteiger partial charge in [0.15, 0.2) is 0 Å². The third-order valence-corrected chi connectivity index (χ3v) is 4.84. The van der Waals surface area contributed by atoms with Crippen LogP contribution in [0.1, 0.15) is 13.8 Å². The van der Waals surface area contributed by atoms with Crippen molar-refractivity contribution in [2.75, 3.05) is 19.6 Å². The maximum absolute atomic E-state index is 6.09. The first-order valence-electron chi connectivity index (χ1n) is 7.32. The number of piperazine rings is 1. The molecule has 3 rings (SSSR count). The van der Waals surface area contributed by atoms with Gasteiger partial charge >= 0.3 is 0 Å². The molecule has 114 valence electrons. The average molecular weight is 327 g/mol. The number of rotatable bonds is 2. The third kappa shape index (κ3) is 3.12. The number of aliphatic imine (C=N–C) groups is 1. The van der Waals surface area contributed by atoms with Crippen molar-refractivity contribution in [3.05, 3.63) is 34.2 Å². The Morgan fingerprint density at radius 3 is 2.90 bits per heavy atom. The Bertz CT molecular complexity index is 548. The van der Waals surface area contributed by atoms with Crippen LogP contribution in [0, 0.1) is 5.92 Å². The smallest absolute Gasteiger partial charge is 0.144 e. The molecule has 3 aliphatic rings. The number of nitrogens with one attached hydrogen (secondary N) is 2. The Kier molecular flexibility index (Phi) is 4.29. The van der Waals surface area contributed by atoms with Crippen LogP contribution in [0.3, 0.4) is 0 Å². The van der Waals surface area contributed by atoms with Crippen molar-refractivity contribution in [3.8, 4) is 0 Å². The summed E-state index contributed by atoms with van der Waals surface area (Å²) in [4.78, 5) is 7.07. The summed E-state index contributed by atoms with van der Waals surface area (Å²) in [7, 11) is 0. The molecule has 2 unspecified atom stereocenters. The predicted octanol–water partition coefficient (Wildman–Crippen LogP) is 2.39. The summed E-state index contributed by atoms with van der Waals surface area (Å²) < 4.78 is 0. The van der Waals surface area contributed by atoms with E-state index in [-0.39, 0.29) is 6.04 Å². The summed E-state index contributed by atoms with van der Waals surface area (Å²) >= 11 is 12.1. The molecule has 0 aromatic heterocycles. The van der Waals surface area contributed by atoms with E-state index in [1.165, 1.54) is 0 Å². The summed E-state index contributed by atoms with van der Waals surface area (Å²) in [6.45, 7) is 7.41. The van der Waals surface area contributed by atoms with Gasteiger partial charge in [-0.05, 0) is 18.1 Å². The van der Waals surface area contributed by atoms with E-state index in [9.17, 15) is 0 Å². The van der Waals surface area contributed by atoms with E-state index in [0.717, 1.165) is 31.2 Å². The van der Waals surface area contributed by atoms with E-state index in [2.05, 4.69) is 29.4 Å². The minimum atomic E-state index is 0.0209. The van der Waals surface area contributed by atoms with Crippen molar-refractivity contribution in [1.82, 2.24) is 15.5 Å². The van der Waals surface area contributed by atoms with Crippen LogP contribution in [-0.4, -0.2) is 42.3 Å². The normalized spacial score (nSPS) is 29.1. The SMILES string of the molecule is CC(C)C1CN(C2=CNC3C=C(Cl)C(Cl)=CC3=N2)CCN1. The van der Waals surface area contributed by atoms with Gasteiger partial charge in [-0.15, -0.1) is 0 Å². The van der Waals surface area contributed by atoms with Crippen molar-refractivity contribution in [2.24, 2.45) is 10.9 Å². The molecule has 1 aliphatic carbocycles. The van der Waals surface area contributed by atoms with Gasteiger partial charge in [0, 0.05) is 31.9 Å². The Morgan fingerprint density at radius 2 is 2.14 bits per heavy atom. The molecule has 0 aromatic rings. The van der Waals surface area contributed by atoms with Crippen molar-refractivity contribution in [1.29, 1.82) is 0 Å². The lowest BCUT2D eigenvalue weighted by Gasteiger charge is -2.38. The van der Waals surface area contributed by atoms with Gasteiger partial charge in [-0.3, -0.25) is 0 Å². The molecular formula is C15H20Cl2N4. The summed E-state index contributed by atoms with van der Waals surface area (Å²) in [5.74, 6) is 1.58. The largest absolute Gasteiger partial charge is 0.376 e. The highest BCUT2D eigenvalue weighted by Crippen LogP contribution is 2.27. The number of allylic oxidation sites excluding steroid dienone is 2. The van der Waals surface area contributed by atoms with Crippen LogP contribution in [0.15, 0.2) is 39.2 Å². The maximum atomic E-state index is 6.09. The fraction of sp³-hybridized carbons (Fsp3) is 0.533. The number of hydrogen-bond donors (Lipinski definition) is 2. The summed E-state index contributed by atoms with van der Waals surface area (Å²) in [5, 5.41) is 8.03. The van der Waals surface area contributed by atoms with Crippen molar-refractivity contribution in [2.45, 2.75) is 25.9 Å². The van der Waals surface area contributed by atoms with Crippen LogP contribution in [0.5, 0.6) is 0 Å². The van der Waals surface area contributed by atoms with Gasteiger partial charge in [-0.1, -0.05) is 37.0 Å². The summed E-state index contributed by atoms with van der Waals surface area (Å²) in [5.41, 5.74) is 0.918. The van der Waals surface area contributed by atoms with E-state index in [1.807, 2.05) is 18.4 Å². The second-order valence-electron chi connectivity index (χ2n) is 5.94. The lowest BCUT2D eigenvalue weighted by Crippen LogP contribution is -2.53. The molecule has 0 spiro atoms. The first-order valence-corrected chi connectivity index (χ1v) is 8.08. The molecule has 6 heteroatoms. The second-order valence-corrected chi connectivity index (χ2v) is 6.76. The number of halogens is 2. The van der Waals surface area contributed by atoms with E-state index in [1.54, 1.807) is 0 Å². The van der Waals surface area contributed by atoms with Crippen molar-refractivity contribution >= 4 is 28.9 Å². The fourth-order valence-corrected chi connectivity index (χ4v) is 3.11. The molecule has 1 saturated heterocycles. The highest BCUT2D eigenvalue weighted by Gasteiger charge is 2.27. The molecule has 0 amide bonds. The molecule has 2 heterocycles. The quantitative estimate of drug-likeness (QED) is 0.818. The van der Waals surface area contributed by atoms with Gasteiger partial charge in [0.2, 0.25) is 0 Å². The van der Waals surface area contributed by atoms with E-state index in [0.29, 0.717) is 22.0 Å². The molecule has 2 N–H and O–H groups in total. The third-order valence-electron chi connectivity index (χ3n) is 4.10. The lowest BCUT2D eigenvalue weighted by molar-refractivity contribution is 0.210. The first-order chi connectivity index (χ1) is 10.0. The van der Waals surface area contributed by atoms with Crippen molar-refractivity contribution < 1.29 is 0 Å². The molecule has 0 saturated carbocycles. The molecule has 1 fully saturated rings. The van der Waals surface area contributed by atoms with Crippen LogP contribution >= 0.6 is 23.2 Å². The predicted molar refractivity (Wildman–Crippen MR) is 88.5 cm³/mol. The molecule has 2 atom stereocenters. The topological polar surface area (TPSA) is 39.7 Å². The van der Waals surface area contributed by atoms with Crippen LogP contribution in [0.4, 0.5) is 0 Å². The van der Waals surface area contributed by atoms with Gasteiger partial charge in [-0.25, -0.2) is 4.99 Å². The van der Waals surface area contributed by atoms with Crippen LogP contribution in [0.25, 0.3) is 0 Å². The van der Waals surface area contributed by atoms with Crippen LogP contribution in [-0.2, 0) is 0 Å². The minimum absolute atomic E-state index is 0.0209. The Morgan fingerprint density at radius 1 is 1.33 bits per heavy atom. The van der Waals surface area contributed by atoms with Crippen LogP contribution in [0.2, 0.25) is 0 Å². The number of fused-ring (bicyclic) bond motifs is 1. The summed E-state index contributed by atoms with van der Waals surface area (Å²) in [6.07, 6.45) is 5.71. The minimum Gasteiger partial charge on any atom is -0.376 e. The second kappa shape index (κ2) is 6.03. The standard InChI is InChI=1S/C15H20Cl2N4/c1-9(2)14-8-21(4-3-18-14)15-7-19-12-5-10(16)11(17)6-13(12)20-15/h5-7,9,12,14,18-19H,3-4,8H2,1-2H3. The van der Waals surface area contributed by atoms with Gasteiger partial charge in [0.05, 0.1) is 21.8 Å². The van der Waals surface area contributed by atoms with Gasteiger partial charge in [-0.2, -0.15) is 0 Å². The first kappa shape index (κ1) is 14.9. The molecule has 0 bridgehead atoms. The average Bonchev–Trinajstić information content (AvgIpc) is 2.48. The zero-order valence-corrected chi connectivity index (χ0v) is 13.7. The Hall–Kier alpha value is -0.970. The zero-order chi connectivity index (χ0) is 15.0. The molecular weight excluding hydrogens is 307 g/mol. The van der Waals surface area contributed by atoms with E-state index in [4.69, 9.17) is 28.2 Å². The lowest BCUT2D eigenvalue weighted by atomic mass is 10.0. The van der Waals surface area contributed by atoms with Crippen molar-refractivity contribution in [3.63, 3.8) is 0 Å². The van der Waals surface area contributed by atoms with E-state index < -0.39 is 0 Å². The molecule has 4 nitrogen and oxygen atoms in total. The molecule has 21 heavy (non-hydrogen) atoms. The maximum Gasteiger partial charge on any atom is 0.144 e. The highest BCUT2D eigenvalue weighted by atomic mass is 35.5. The van der Waals surface area contributed by atoms with Gasteiger partial charge in [0.25, 0.3) is 0 Å².